The van der Waals surface area contributed by atoms with E-state index in [1.165, 1.54) is 30.9 Å². The molecular weight excluding hydrogens is 328 g/mol. The molecule has 0 saturated carbocycles. The molecule has 124 valence electrons. The zero-order chi connectivity index (χ0) is 17.1. The van der Waals surface area contributed by atoms with E-state index in [4.69, 9.17) is 4.74 Å². The summed E-state index contributed by atoms with van der Waals surface area (Å²) in [6.45, 7) is 0. The van der Waals surface area contributed by atoms with Gasteiger partial charge < -0.3 is 10.1 Å². The minimum atomic E-state index is -0.500. The second-order valence-electron chi connectivity index (χ2n) is 5.33. The van der Waals surface area contributed by atoms with Gasteiger partial charge in [0.1, 0.15) is 11.0 Å². The van der Waals surface area contributed by atoms with Crippen molar-refractivity contribution in [2.24, 2.45) is 0 Å². The highest BCUT2D eigenvalue weighted by atomic mass is 32.2. The molecule has 7 heteroatoms. The molecule has 1 aliphatic rings. The van der Waals surface area contributed by atoms with Crippen molar-refractivity contribution in [3.05, 3.63) is 63.7 Å². The Kier molecular flexibility index (Phi) is 4.71. The summed E-state index contributed by atoms with van der Waals surface area (Å²) in [4.78, 5) is 23.2. The van der Waals surface area contributed by atoms with Gasteiger partial charge in [-0.1, -0.05) is 24.3 Å². The topological polar surface area (TPSA) is 81.5 Å². The monoisotopic (exact) mass is 344 g/mol. The smallest absolute Gasteiger partial charge is 0.271 e. The van der Waals surface area contributed by atoms with Crippen molar-refractivity contribution >= 4 is 29.0 Å². The summed E-state index contributed by atoms with van der Waals surface area (Å²) in [5.41, 5.74) is 2.38. The third kappa shape index (κ3) is 3.21. The van der Waals surface area contributed by atoms with Crippen LogP contribution in [0, 0.1) is 10.1 Å². The molecule has 0 radical (unpaired) electrons. The van der Waals surface area contributed by atoms with Gasteiger partial charge in [-0.15, -0.1) is 11.8 Å². The Morgan fingerprint density at radius 3 is 2.88 bits per heavy atom. The number of nitrogens with zero attached hydrogens (tertiary/aromatic N) is 1. The zero-order valence-corrected chi connectivity index (χ0v) is 13.8. The summed E-state index contributed by atoms with van der Waals surface area (Å²) in [6, 6.07) is 12.0. The van der Waals surface area contributed by atoms with Crippen LogP contribution in [0.3, 0.4) is 0 Å². The highest BCUT2D eigenvalue weighted by Gasteiger charge is 2.27. The standard InChI is InChI=1S/C17H16N2O4S/c1-23-15-7-6-12(19(21)22)10-14(15)18-17(20)16-13-5-3-2-4-11(13)8-9-24-16/h2-7,10,16H,8-9H2,1H3,(H,18,20)/t16-/m1/s1. The molecule has 6 nitrogen and oxygen atoms in total. The Morgan fingerprint density at radius 2 is 2.12 bits per heavy atom. The van der Waals surface area contributed by atoms with E-state index in [2.05, 4.69) is 5.32 Å². The molecule has 2 aromatic rings. The zero-order valence-electron chi connectivity index (χ0n) is 13.0. The summed E-state index contributed by atoms with van der Waals surface area (Å²) >= 11 is 1.57. The molecular formula is C17H16N2O4S. The first-order valence-electron chi connectivity index (χ1n) is 7.43. The van der Waals surface area contributed by atoms with Gasteiger partial charge in [-0.3, -0.25) is 14.9 Å². The summed E-state index contributed by atoms with van der Waals surface area (Å²) in [6.07, 6.45) is 0.935. The van der Waals surface area contributed by atoms with Gasteiger partial charge in [0.05, 0.1) is 17.7 Å². The number of nitrogens with one attached hydrogen (secondary N) is 1. The van der Waals surface area contributed by atoms with Crippen LogP contribution in [-0.2, 0) is 11.2 Å². The molecule has 1 aliphatic heterocycles. The molecule has 0 aliphatic carbocycles. The van der Waals surface area contributed by atoms with Crippen LogP contribution >= 0.6 is 11.8 Å². The number of fused-ring (bicyclic) bond motifs is 1. The van der Waals surface area contributed by atoms with Gasteiger partial charge in [-0.25, -0.2) is 0 Å². The summed E-state index contributed by atoms with van der Waals surface area (Å²) in [5.74, 6) is 1.05. The Hall–Kier alpha value is -2.54. The van der Waals surface area contributed by atoms with Gasteiger partial charge in [0.15, 0.2) is 0 Å². The van der Waals surface area contributed by atoms with E-state index in [1.807, 2.05) is 24.3 Å². The number of carbonyl (C=O) groups excluding carboxylic acids is 1. The number of amides is 1. The molecule has 24 heavy (non-hydrogen) atoms. The predicted octanol–water partition coefficient (Wildman–Crippen LogP) is 3.57. The number of hydrogen-bond acceptors (Lipinski definition) is 5. The van der Waals surface area contributed by atoms with E-state index in [1.54, 1.807) is 11.8 Å². The van der Waals surface area contributed by atoms with Crippen molar-refractivity contribution in [1.82, 2.24) is 0 Å². The molecule has 1 N–H and O–H groups in total. The number of aryl methyl sites for hydroxylation is 1. The molecule has 0 fully saturated rings. The maximum atomic E-state index is 12.7. The number of thioether (sulfide) groups is 1. The van der Waals surface area contributed by atoms with Crippen molar-refractivity contribution < 1.29 is 14.5 Å². The number of benzene rings is 2. The highest BCUT2D eigenvalue weighted by molar-refractivity contribution is 8.00. The summed E-state index contributed by atoms with van der Waals surface area (Å²) in [7, 11) is 1.46. The third-order valence-corrected chi connectivity index (χ3v) is 5.12. The lowest BCUT2D eigenvalue weighted by atomic mass is 10.0. The molecule has 2 aromatic carbocycles. The van der Waals surface area contributed by atoms with Crippen LogP contribution in [-0.4, -0.2) is 23.7 Å². The van der Waals surface area contributed by atoms with Crippen molar-refractivity contribution in [1.29, 1.82) is 0 Å². The SMILES string of the molecule is COc1ccc([N+](=O)[O-])cc1NC(=O)[C@@H]1SCCc2ccccc21. The molecule has 3 rings (SSSR count). The van der Waals surface area contributed by atoms with Gasteiger partial charge in [-0.05, 0) is 29.4 Å². The quantitative estimate of drug-likeness (QED) is 0.677. The predicted molar refractivity (Wildman–Crippen MR) is 93.6 cm³/mol. The number of carbonyl (C=O) groups is 1. The Labute approximate surface area is 143 Å². The fourth-order valence-electron chi connectivity index (χ4n) is 2.72. The fourth-order valence-corrected chi connectivity index (χ4v) is 3.91. The van der Waals surface area contributed by atoms with Crippen LogP contribution in [0.2, 0.25) is 0 Å². The number of anilines is 1. The van der Waals surface area contributed by atoms with Crippen LogP contribution in [0.25, 0.3) is 0 Å². The molecule has 1 heterocycles. The van der Waals surface area contributed by atoms with E-state index < -0.39 is 4.92 Å². The Bertz CT molecular complexity index is 794. The van der Waals surface area contributed by atoms with Crippen LogP contribution < -0.4 is 10.1 Å². The first-order valence-corrected chi connectivity index (χ1v) is 8.47. The largest absolute Gasteiger partial charge is 0.495 e. The Morgan fingerprint density at radius 1 is 1.33 bits per heavy atom. The molecule has 0 spiro atoms. The van der Waals surface area contributed by atoms with Gasteiger partial charge in [-0.2, -0.15) is 0 Å². The Balaban J connectivity index is 1.88. The van der Waals surface area contributed by atoms with E-state index in [0.29, 0.717) is 11.4 Å². The number of hydrogen-bond donors (Lipinski definition) is 1. The highest BCUT2D eigenvalue weighted by Crippen LogP contribution is 2.38. The van der Waals surface area contributed by atoms with Crippen LogP contribution in [0.5, 0.6) is 5.75 Å². The number of nitro groups is 1. The van der Waals surface area contributed by atoms with E-state index in [0.717, 1.165) is 17.7 Å². The number of methoxy groups -OCH3 is 1. The average Bonchev–Trinajstić information content (AvgIpc) is 2.61. The number of nitro benzene ring substituents is 1. The van der Waals surface area contributed by atoms with Gasteiger partial charge >= 0.3 is 0 Å². The van der Waals surface area contributed by atoms with E-state index >= 15 is 0 Å². The van der Waals surface area contributed by atoms with E-state index in [-0.39, 0.29) is 16.8 Å². The second kappa shape index (κ2) is 6.92. The number of ether oxygens (including phenoxy) is 1. The maximum Gasteiger partial charge on any atom is 0.271 e. The molecule has 0 aromatic heterocycles. The molecule has 1 amide bonds. The molecule has 0 bridgehead atoms. The lowest BCUT2D eigenvalue weighted by Crippen LogP contribution is -2.23. The fraction of sp³-hybridized carbons (Fsp3) is 0.235. The normalized spacial score (nSPS) is 16.1. The van der Waals surface area contributed by atoms with Crippen LogP contribution in [0.15, 0.2) is 42.5 Å². The third-order valence-electron chi connectivity index (χ3n) is 3.88. The van der Waals surface area contributed by atoms with Crippen LogP contribution in [0.1, 0.15) is 16.4 Å². The van der Waals surface area contributed by atoms with Gasteiger partial charge in [0, 0.05) is 12.1 Å². The average molecular weight is 344 g/mol. The second-order valence-corrected chi connectivity index (χ2v) is 6.54. The molecule has 0 saturated heterocycles. The van der Waals surface area contributed by atoms with Crippen molar-refractivity contribution in [2.45, 2.75) is 11.7 Å². The minimum absolute atomic E-state index is 0.0946. The van der Waals surface area contributed by atoms with Crippen molar-refractivity contribution in [3.8, 4) is 5.75 Å². The summed E-state index contributed by atoms with van der Waals surface area (Å²) in [5, 5.41) is 13.4. The maximum absolute atomic E-state index is 12.7. The molecule has 1 atom stereocenters. The molecule has 0 unspecified atom stereocenters. The number of non-ortho nitro benzene ring substituents is 1. The first-order chi connectivity index (χ1) is 11.6. The van der Waals surface area contributed by atoms with Crippen molar-refractivity contribution in [3.63, 3.8) is 0 Å². The lowest BCUT2D eigenvalue weighted by Gasteiger charge is -2.24. The number of rotatable bonds is 4. The van der Waals surface area contributed by atoms with E-state index in [9.17, 15) is 14.9 Å². The summed E-state index contributed by atoms with van der Waals surface area (Å²) < 4.78 is 5.19. The van der Waals surface area contributed by atoms with Gasteiger partial charge in [0.2, 0.25) is 5.91 Å². The minimum Gasteiger partial charge on any atom is -0.495 e. The van der Waals surface area contributed by atoms with Gasteiger partial charge in [0.25, 0.3) is 5.69 Å². The van der Waals surface area contributed by atoms with Crippen molar-refractivity contribution in [2.75, 3.05) is 18.2 Å². The first kappa shape index (κ1) is 16.3. The van der Waals surface area contributed by atoms with Crippen LogP contribution in [0.4, 0.5) is 11.4 Å². The lowest BCUT2D eigenvalue weighted by molar-refractivity contribution is -0.384.